The molecule has 1 N–H and O–H groups in total. The molecular weight excluding hydrogens is 387 g/mol. The Morgan fingerprint density at radius 2 is 1.89 bits per heavy atom. The Morgan fingerprint density at radius 3 is 2.67 bits per heavy atom. The van der Waals surface area contributed by atoms with Gasteiger partial charge < -0.3 is 19.7 Å². The van der Waals surface area contributed by atoms with Crippen molar-refractivity contribution in [2.24, 2.45) is 0 Å². The van der Waals surface area contributed by atoms with E-state index < -0.39 is 0 Å². The predicted molar refractivity (Wildman–Crippen MR) is 109 cm³/mol. The van der Waals surface area contributed by atoms with E-state index in [0.717, 1.165) is 18.5 Å². The van der Waals surface area contributed by atoms with Gasteiger partial charge in [-0.1, -0.05) is 54.1 Å². The molecule has 1 fully saturated rings. The average molecular weight is 411 g/mol. The largest absolute Gasteiger partial charge is 0.492 e. The highest BCUT2D eigenvalue weighted by molar-refractivity contribution is 6.32. The van der Waals surface area contributed by atoms with Gasteiger partial charge in [0.05, 0.1) is 11.6 Å². The van der Waals surface area contributed by atoms with Gasteiger partial charge in [-0.05, 0) is 24.1 Å². The van der Waals surface area contributed by atoms with E-state index in [-0.39, 0.29) is 24.5 Å². The van der Waals surface area contributed by atoms with E-state index >= 15 is 0 Å². The van der Waals surface area contributed by atoms with Gasteiger partial charge in [-0.15, -0.1) is 12.4 Å². The van der Waals surface area contributed by atoms with Crippen molar-refractivity contribution in [3.05, 3.63) is 65.2 Å². The van der Waals surface area contributed by atoms with Crippen LogP contribution in [0, 0.1) is 0 Å². The van der Waals surface area contributed by atoms with Crippen molar-refractivity contribution >= 4 is 30.1 Å². The molecular formula is C20H24Cl2N2O3. The van der Waals surface area contributed by atoms with E-state index in [1.165, 1.54) is 0 Å². The van der Waals surface area contributed by atoms with Gasteiger partial charge in [-0.3, -0.25) is 0 Å². The summed E-state index contributed by atoms with van der Waals surface area (Å²) in [6.07, 6.45) is 0.514. The first-order valence-electron chi connectivity index (χ1n) is 8.79. The number of amides is 1. The van der Waals surface area contributed by atoms with Crippen LogP contribution in [-0.4, -0.2) is 43.3 Å². The van der Waals surface area contributed by atoms with Crippen LogP contribution >= 0.6 is 24.0 Å². The van der Waals surface area contributed by atoms with Crippen molar-refractivity contribution in [2.45, 2.75) is 19.1 Å². The van der Waals surface area contributed by atoms with Crippen molar-refractivity contribution in [3.63, 3.8) is 0 Å². The third kappa shape index (κ3) is 6.61. The minimum absolute atomic E-state index is 0. The molecule has 1 atom stereocenters. The van der Waals surface area contributed by atoms with Crippen molar-refractivity contribution in [3.8, 4) is 5.75 Å². The highest BCUT2D eigenvalue weighted by atomic mass is 35.5. The third-order valence-electron chi connectivity index (χ3n) is 4.28. The number of ether oxygens (including phenoxy) is 2. The van der Waals surface area contributed by atoms with Crippen LogP contribution in [-0.2, 0) is 11.3 Å². The molecule has 0 spiro atoms. The minimum atomic E-state index is -0.271. The summed E-state index contributed by atoms with van der Waals surface area (Å²) < 4.78 is 11.1. The predicted octanol–water partition coefficient (Wildman–Crippen LogP) is 4.14. The lowest BCUT2D eigenvalue weighted by atomic mass is 10.1. The maximum Gasteiger partial charge on any atom is 0.410 e. The molecule has 0 aliphatic carbocycles. The number of benzene rings is 2. The average Bonchev–Trinajstić information content (AvgIpc) is 2.69. The quantitative estimate of drug-likeness (QED) is 0.777. The molecule has 146 valence electrons. The lowest BCUT2D eigenvalue weighted by molar-refractivity contribution is 0.0827. The normalized spacial score (nSPS) is 16.3. The summed E-state index contributed by atoms with van der Waals surface area (Å²) in [5.41, 5.74) is 0.987. The Labute approximate surface area is 171 Å². The summed E-state index contributed by atoms with van der Waals surface area (Å²) in [5, 5.41) is 4.02. The monoisotopic (exact) mass is 410 g/mol. The fraction of sp³-hybridized carbons (Fsp3) is 0.350. The molecule has 27 heavy (non-hydrogen) atoms. The number of hydrogen-bond acceptors (Lipinski definition) is 4. The first-order valence-corrected chi connectivity index (χ1v) is 9.16. The summed E-state index contributed by atoms with van der Waals surface area (Å²) in [7, 11) is 0. The highest BCUT2D eigenvalue weighted by Gasteiger charge is 2.24. The lowest BCUT2D eigenvalue weighted by Crippen LogP contribution is -2.53. The molecule has 0 bridgehead atoms. The molecule has 5 nitrogen and oxygen atoms in total. The highest BCUT2D eigenvalue weighted by Crippen LogP contribution is 2.23. The Kier molecular flexibility index (Phi) is 8.72. The second kappa shape index (κ2) is 11.0. The first kappa shape index (κ1) is 21.4. The van der Waals surface area contributed by atoms with Gasteiger partial charge in [0, 0.05) is 25.7 Å². The number of nitrogens with zero attached hydrogens (tertiary/aromatic N) is 1. The fourth-order valence-corrected chi connectivity index (χ4v) is 3.06. The smallest absolute Gasteiger partial charge is 0.410 e. The molecule has 1 heterocycles. The Bertz CT molecular complexity index is 715. The number of hydrogen-bond donors (Lipinski definition) is 1. The molecule has 2 aromatic carbocycles. The minimum Gasteiger partial charge on any atom is -0.492 e. The number of nitrogens with one attached hydrogen (secondary N) is 1. The Balaban J connectivity index is 0.00000261. The van der Waals surface area contributed by atoms with Gasteiger partial charge in [0.1, 0.15) is 12.4 Å². The summed E-state index contributed by atoms with van der Waals surface area (Å²) in [5.74, 6) is 0.684. The van der Waals surface area contributed by atoms with Gasteiger partial charge in [0.25, 0.3) is 0 Å². The van der Waals surface area contributed by atoms with Crippen molar-refractivity contribution in [1.82, 2.24) is 10.2 Å². The molecule has 0 aromatic heterocycles. The van der Waals surface area contributed by atoms with Gasteiger partial charge in [0.2, 0.25) is 0 Å². The van der Waals surface area contributed by atoms with Crippen LogP contribution in [0.15, 0.2) is 54.6 Å². The van der Waals surface area contributed by atoms with E-state index in [0.29, 0.717) is 37.1 Å². The van der Waals surface area contributed by atoms with E-state index in [1.807, 2.05) is 48.5 Å². The van der Waals surface area contributed by atoms with Crippen LogP contribution in [0.2, 0.25) is 5.02 Å². The van der Waals surface area contributed by atoms with Crippen LogP contribution < -0.4 is 10.1 Å². The van der Waals surface area contributed by atoms with E-state index in [4.69, 9.17) is 21.1 Å². The number of para-hydroxylation sites is 1. The second-order valence-corrected chi connectivity index (χ2v) is 6.61. The van der Waals surface area contributed by atoms with Crippen molar-refractivity contribution in [1.29, 1.82) is 0 Å². The molecule has 7 heteroatoms. The van der Waals surface area contributed by atoms with E-state index in [1.54, 1.807) is 11.0 Å². The zero-order valence-corrected chi connectivity index (χ0v) is 16.5. The molecule has 1 saturated heterocycles. The maximum absolute atomic E-state index is 12.3. The van der Waals surface area contributed by atoms with E-state index in [9.17, 15) is 4.79 Å². The Hall–Kier alpha value is -1.95. The van der Waals surface area contributed by atoms with Crippen LogP contribution in [0.25, 0.3) is 0 Å². The van der Waals surface area contributed by atoms with Gasteiger partial charge in [0.15, 0.2) is 0 Å². The van der Waals surface area contributed by atoms with Crippen LogP contribution in [0.4, 0.5) is 4.79 Å². The van der Waals surface area contributed by atoms with Gasteiger partial charge in [-0.25, -0.2) is 4.79 Å². The van der Waals surface area contributed by atoms with Crippen LogP contribution in [0.3, 0.4) is 0 Å². The van der Waals surface area contributed by atoms with Crippen molar-refractivity contribution < 1.29 is 14.3 Å². The molecule has 1 amide bonds. The summed E-state index contributed by atoms with van der Waals surface area (Å²) >= 11 is 6.09. The lowest BCUT2D eigenvalue weighted by Gasteiger charge is -2.33. The number of rotatable bonds is 6. The molecule has 0 saturated carbocycles. The van der Waals surface area contributed by atoms with E-state index in [2.05, 4.69) is 5.32 Å². The van der Waals surface area contributed by atoms with Gasteiger partial charge in [-0.2, -0.15) is 0 Å². The third-order valence-corrected chi connectivity index (χ3v) is 4.59. The molecule has 1 aliphatic rings. The topological polar surface area (TPSA) is 50.8 Å². The fourth-order valence-electron chi connectivity index (χ4n) is 2.87. The number of halogens is 2. The Morgan fingerprint density at radius 1 is 1.15 bits per heavy atom. The molecule has 3 rings (SSSR count). The molecule has 0 radical (unpaired) electrons. The van der Waals surface area contributed by atoms with Crippen LogP contribution in [0.1, 0.15) is 12.0 Å². The maximum atomic E-state index is 12.3. The first-order chi connectivity index (χ1) is 12.7. The summed E-state index contributed by atoms with van der Waals surface area (Å²) in [6.45, 7) is 2.84. The zero-order valence-electron chi connectivity index (χ0n) is 15.0. The molecule has 0 unspecified atom stereocenters. The standard InChI is InChI=1S/C20H23ClN2O3.ClH/c21-18-8-4-5-9-19(18)25-13-10-17-14-23(12-11-22-17)20(24)26-15-16-6-2-1-3-7-16;/h1-9,17,22H,10-15H2;1H/t17-;/m1./s1. The number of carbonyl (C=O) groups excluding carboxylic acids is 1. The molecule has 1 aliphatic heterocycles. The summed E-state index contributed by atoms with van der Waals surface area (Å²) in [6, 6.07) is 17.3. The molecule has 2 aromatic rings. The summed E-state index contributed by atoms with van der Waals surface area (Å²) in [4.78, 5) is 14.0. The SMILES string of the molecule is Cl.O=C(OCc1ccccc1)N1CCN[C@H](CCOc2ccccc2Cl)C1. The van der Waals surface area contributed by atoms with Crippen LogP contribution in [0.5, 0.6) is 5.75 Å². The number of carbonyl (C=O) groups is 1. The van der Waals surface area contributed by atoms with Crippen molar-refractivity contribution in [2.75, 3.05) is 26.2 Å². The number of piperazine rings is 1. The zero-order chi connectivity index (χ0) is 18.2. The van der Waals surface area contributed by atoms with Gasteiger partial charge >= 0.3 is 6.09 Å². The second-order valence-electron chi connectivity index (χ2n) is 6.20.